The summed E-state index contributed by atoms with van der Waals surface area (Å²) in [6.07, 6.45) is 6.20. The molecule has 1 unspecified atom stereocenters. The fourth-order valence-corrected chi connectivity index (χ4v) is 3.17. The molecule has 0 radical (unpaired) electrons. The van der Waals surface area contributed by atoms with Crippen LogP contribution in [0.2, 0.25) is 0 Å². The lowest BCUT2D eigenvalue weighted by atomic mass is 10.0. The molecule has 1 N–H and O–H groups in total. The second-order valence-corrected chi connectivity index (χ2v) is 7.77. The summed E-state index contributed by atoms with van der Waals surface area (Å²) in [5.41, 5.74) is 0.634. The Balaban J connectivity index is 1.71. The normalized spacial score (nSPS) is 11.7. The van der Waals surface area contributed by atoms with E-state index in [4.69, 9.17) is 14.2 Å². The van der Waals surface area contributed by atoms with E-state index in [-0.39, 0.29) is 30.3 Å². The highest BCUT2D eigenvalue weighted by Gasteiger charge is 2.14. The minimum Gasteiger partial charge on any atom is -0.507 e. The van der Waals surface area contributed by atoms with Gasteiger partial charge < -0.3 is 19.3 Å². The van der Waals surface area contributed by atoms with E-state index < -0.39 is 11.9 Å². The summed E-state index contributed by atoms with van der Waals surface area (Å²) in [5, 5.41) is 10.2. The van der Waals surface area contributed by atoms with Crippen molar-refractivity contribution in [2.45, 2.75) is 39.5 Å². The van der Waals surface area contributed by atoms with Crippen molar-refractivity contribution in [2.75, 3.05) is 19.8 Å². The van der Waals surface area contributed by atoms with E-state index in [0.717, 1.165) is 37.8 Å². The van der Waals surface area contributed by atoms with Gasteiger partial charge in [-0.25, -0.2) is 9.59 Å². The zero-order chi connectivity index (χ0) is 24.8. The average Bonchev–Trinajstić information content (AvgIpc) is 2.85. The topological polar surface area (TPSA) is 99.1 Å². The quantitative estimate of drug-likeness (QED) is 0.183. The number of carbonyl (C=O) groups is 3. The van der Waals surface area contributed by atoms with Crippen LogP contribution in [-0.4, -0.2) is 42.6 Å². The lowest BCUT2D eigenvalue weighted by Gasteiger charge is -2.13. The minimum atomic E-state index is -0.690. The molecule has 0 aliphatic rings. The molecule has 0 aliphatic carbocycles. The van der Waals surface area contributed by atoms with Crippen LogP contribution in [0.25, 0.3) is 0 Å². The summed E-state index contributed by atoms with van der Waals surface area (Å²) in [5.74, 6) is -1.12. The number of rotatable bonds is 14. The molecule has 7 nitrogen and oxygen atoms in total. The summed E-state index contributed by atoms with van der Waals surface area (Å²) in [7, 11) is 0. The molecule has 0 saturated carbocycles. The molecule has 2 aromatic carbocycles. The van der Waals surface area contributed by atoms with Crippen LogP contribution in [0.5, 0.6) is 11.5 Å². The van der Waals surface area contributed by atoms with Crippen molar-refractivity contribution in [2.24, 2.45) is 5.92 Å². The molecule has 7 heteroatoms. The van der Waals surface area contributed by atoms with Gasteiger partial charge in [-0.2, -0.15) is 0 Å². The van der Waals surface area contributed by atoms with Crippen molar-refractivity contribution in [1.82, 2.24) is 0 Å². The third-order valence-electron chi connectivity index (χ3n) is 5.21. The molecular formula is C27H32O7. The number of benzene rings is 2. The Labute approximate surface area is 200 Å². The second kappa shape index (κ2) is 14.5. The fraction of sp³-hybridized carbons (Fsp3) is 0.370. The molecule has 182 valence electrons. The summed E-state index contributed by atoms with van der Waals surface area (Å²) in [6.45, 7) is 4.49. The molecule has 0 saturated heterocycles. The second-order valence-electron chi connectivity index (χ2n) is 7.77. The highest BCUT2D eigenvalue weighted by molar-refractivity contribution is 6.10. The van der Waals surface area contributed by atoms with Crippen LogP contribution >= 0.6 is 0 Å². The molecule has 2 aromatic rings. The molecular weight excluding hydrogens is 436 g/mol. The monoisotopic (exact) mass is 468 g/mol. The van der Waals surface area contributed by atoms with Crippen LogP contribution in [0.4, 0.5) is 0 Å². The molecule has 0 bridgehead atoms. The van der Waals surface area contributed by atoms with Crippen LogP contribution in [0.1, 0.15) is 55.5 Å². The summed E-state index contributed by atoms with van der Waals surface area (Å²) < 4.78 is 15.6. The zero-order valence-electron chi connectivity index (χ0n) is 19.7. The predicted molar refractivity (Wildman–Crippen MR) is 128 cm³/mol. The first-order chi connectivity index (χ1) is 16.4. The van der Waals surface area contributed by atoms with Gasteiger partial charge in [0.1, 0.15) is 24.7 Å². The maximum absolute atomic E-state index is 12.5. The number of unbranched alkanes of at least 4 members (excludes halogenated alkanes) is 1. The Morgan fingerprint density at radius 1 is 0.941 bits per heavy atom. The van der Waals surface area contributed by atoms with Crippen molar-refractivity contribution in [3.8, 4) is 11.5 Å². The van der Waals surface area contributed by atoms with Gasteiger partial charge in [-0.3, -0.25) is 4.79 Å². The Morgan fingerprint density at radius 3 is 2.29 bits per heavy atom. The van der Waals surface area contributed by atoms with Gasteiger partial charge in [-0.15, -0.1) is 0 Å². The number of hydrogen-bond acceptors (Lipinski definition) is 7. The zero-order valence-corrected chi connectivity index (χ0v) is 19.7. The Morgan fingerprint density at radius 2 is 1.65 bits per heavy atom. The summed E-state index contributed by atoms with van der Waals surface area (Å²) >= 11 is 0. The van der Waals surface area contributed by atoms with Crippen LogP contribution in [-0.2, 0) is 19.1 Å². The third-order valence-corrected chi connectivity index (χ3v) is 5.21. The lowest BCUT2D eigenvalue weighted by Crippen LogP contribution is -2.13. The average molecular weight is 469 g/mol. The molecule has 0 aromatic heterocycles. The van der Waals surface area contributed by atoms with Crippen LogP contribution in [0.3, 0.4) is 0 Å². The van der Waals surface area contributed by atoms with Gasteiger partial charge >= 0.3 is 11.9 Å². The predicted octanol–water partition coefficient (Wildman–Crippen LogP) is 4.86. The first-order valence-electron chi connectivity index (χ1n) is 11.5. The van der Waals surface area contributed by atoms with E-state index in [9.17, 15) is 19.5 Å². The van der Waals surface area contributed by atoms with E-state index in [1.54, 1.807) is 36.4 Å². The van der Waals surface area contributed by atoms with E-state index in [0.29, 0.717) is 23.8 Å². The van der Waals surface area contributed by atoms with Gasteiger partial charge in [0.2, 0.25) is 0 Å². The van der Waals surface area contributed by atoms with Gasteiger partial charge in [0.15, 0.2) is 5.78 Å². The number of phenols is 1. The molecule has 34 heavy (non-hydrogen) atoms. The lowest BCUT2D eigenvalue weighted by molar-refractivity contribution is -0.141. The summed E-state index contributed by atoms with van der Waals surface area (Å²) in [6, 6.07) is 13.0. The highest BCUT2D eigenvalue weighted by atomic mass is 16.6. The van der Waals surface area contributed by atoms with Crippen LogP contribution in [0, 0.1) is 5.92 Å². The number of carbonyl (C=O) groups excluding carboxylic acids is 3. The Kier molecular flexibility index (Phi) is 11.4. The van der Waals surface area contributed by atoms with Crippen molar-refractivity contribution in [3.05, 3.63) is 71.8 Å². The van der Waals surface area contributed by atoms with E-state index >= 15 is 0 Å². The smallest absolute Gasteiger partial charge is 0.331 e. The van der Waals surface area contributed by atoms with E-state index in [1.807, 2.05) is 0 Å². The molecule has 2 rings (SSSR count). The highest BCUT2D eigenvalue weighted by Crippen LogP contribution is 2.26. The third kappa shape index (κ3) is 9.10. The number of phenolic OH excluding ortho intramolecular Hbond substituents is 1. The maximum Gasteiger partial charge on any atom is 0.331 e. The SMILES string of the molecule is CCCCC(CC)COC(=O)C=CC(=O)OCCOc1ccc(C(=O)c2ccccc2)c(O)c1. The first kappa shape index (κ1) is 26.6. The van der Waals surface area contributed by atoms with Crippen molar-refractivity contribution in [3.63, 3.8) is 0 Å². The molecule has 0 spiro atoms. The number of esters is 2. The first-order valence-corrected chi connectivity index (χ1v) is 11.5. The van der Waals surface area contributed by atoms with Crippen LogP contribution < -0.4 is 4.74 Å². The van der Waals surface area contributed by atoms with E-state index in [1.165, 1.54) is 12.1 Å². The number of ether oxygens (including phenoxy) is 3. The van der Waals surface area contributed by atoms with Gasteiger partial charge in [-0.1, -0.05) is 63.4 Å². The summed E-state index contributed by atoms with van der Waals surface area (Å²) in [4.78, 5) is 36.0. The van der Waals surface area contributed by atoms with Gasteiger partial charge in [-0.05, 0) is 24.5 Å². The Bertz CT molecular complexity index is 966. The van der Waals surface area contributed by atoms with Gasteiger partial charge in [0.25, 0.3) is 0 Å². The van der Waals surface area contributed by atoms with Crippen molar-refractivity contribution < 1.29 is 33.7 Å². The molecule has 0 heterocycles. The largest absolute Gasteiger partial charge is 0.507 e. The van der Waals surface area contributed by atoms with E-state index in [2.05, 4.69) is 13.8 Å². The van der Waals surface area contributed by atoms with Crippen molar-refractivity contribution >= 4 is 17.7 Å². The molecule has 1 atom stereocenters. The number of aromatic hydroxyl groups is 1. The maximum atomic E-state index is 12.5. The minimum absolute atomic E-state index is 0.0328. The standard InChI is InChI=1S/C27H32O7/c1-3-5-9-20(4-2)19-34-26(30)15-14-25(29)33-17-16-32-22-12-13-23(24(28)18-22)27(31)21-10-7-6-8-11-21/h6-8,10-15,18,20,28H,3-5,9,16-17,19H2,1-2H3. The fourth-order valence-electron chi connectivity index (χ4n) is 3.17. The molecule has 0 aliphatic heterocycles. The number of hydrogen-bond donors (Lipinski definition) is 1. The molecule has 0 fully saturated rings. The van der Waals surface area contributed by atoms with Gasteiger partial charge in [0.05, 0.1) is 12.2 Å². The van der Waals surface area contributed by atoms with Gasteiger partial charge in [0, 0.05) is 23.8 Å². The molecule has 0 amide bonds. The number of ketones is 1. The van der Waals surface area contributed by atoms with Crippen LogP contribution in [0.15, 0.2) is 60.7 Å². The Hall–Kier alpha value is -3.61. The van der Waals surface area contributed by atoms with Crippen molar-refractivity contribution in [1.29, 1.82) is 0 Å².